The predicted molar refractivity (Wildman–Crippen MR) is 65.8 cm³/mol. The minimum Gasteiger partial charge on any atom is -0.507 e. The van der Waals surface area contributed by atoms with E-state index in [1.54, 1.807) is 6.07 Å². The second-order valence-electron chi connectivity index (χ2n) is 3.49. The van der Waals surface area contributed by atoms with Crippen molar-refractivity contribution in [3.63, 3.8) is 0 Å². The van der Waals surface area contributed by atoms with Gasteiger partial charge in [0.1, 0.15) is 5.75 Å². The first kappa shape index (κ1) is 11.6. The molecule has 0 aliphatic heterocycles. The van der Waals surface area contributed by atoms with Gasteiger partial charge >= 0.3 is 0 Å². The van der Waals surface area contributed by atoms with Crippen LogP contribution < -0.4 is 0 Å². The largest absolute Gasteiger partial charge is 0.507 e. The average Bonchev–Trinajstić information content (AvgIpc) is 2.25. The van der Waals surface area contributed by atoms with Crippen LogP contribution in [0.3, 0.4) is 0 Å². The number of allylic oxidation sites excluding steroid dienone is 3. The molecule has 1 nitrogen and oxygen atoms in total. The van der Waals surface area contributed by atoms with E-state index < -0.39 is 0 Å². The standard InChI is InChI=1S/C14H18O/c1-2-3-4-5-6-7-10-13-11-8-9-12-14(13)15/h5-12,15H,2-4H2,1H3/b6-5+,10-7+. The fraction of sp³-hybridized carbons (Fsp3) is 0.286. The molecule has 0 bridgehead atoms. The van der Waals surface area contributed by atoms with Crippen LogP contribution in [0.25, 0.3) is 6.08 Å². The van der Waals surface area contributed by atoms with Crippen LogP contribution in [0.1, 0.15) is 31.7 Å². The highest BCUT2D eigenvalue weighted by atomic mass is 16.3. The van der Waals surface area contributed by atoms with Crippen molar-refractivity contribution in [2.24, 2.45) is 0 Å². The van der Waals surface area contributed by atoms with Gasteiger partial charge in [0.2, 0.25) is 0 Å². The summed E-state index contributed by atoms with van der Waals surface area (Å²) in [6.45, 7) is 2.19. The summed E-state index contributed by atoms with van der Waals surface area (Å²) in [7, 11) is 0. The van der Waals surface area contributed by atoms with Gasteiger partial charge in [0.05, 0.1) is 0 Å². The summed E-state index contributed by atoms with van der Waals surface area (Å²) in [4.78, 5) is 0. The highest BCUT2D eigenvalue weighted by Gasteiger charge is 1.91. The van der Waals surface area contributed by atoms with Gasteiger partial charge in [-0.05, 0) is 12.5 Å². The third-order valence-corrected chi connectivity index (χ3v) is 2.18. The Morgan fingerprint density at radius 2 is 2.00 bits per heavy atom. The Bertz CT molecular complexity index is 337. The van der Waals surface area contributed by atoms with Crippen molar-refractivity contribution in [3.8, 4) is 5.75 Å². The normalized spacial score (nSPS) is 11.5. The third-order valence-electron chi connectivity index (χ3n) is 2.18. The van der Waals surface area contributed by atoms with Crippen LogP contribution in [-0.4, -0.2) is 5.11 Å². The van der Waals surface area contributed by atoms with Gasteiger partial charge in [-0.25, -0.2) is 0 Å². The summed E-state index contributed by atoms with van der Waals surface area (Å²) in [5.41, 5.74) is 0.859. The molecule has 0 radical (unpaired) electrons. The molecule has 0 aliphatic carbocycles. The summed E-state index contributed by atoms with van der Waals surface area (Å²) in [5, 5.41) is 9.48. The van der Waals surface area contributed by atoms with Gasteiger partial charge in [-0.15, -0.1) is 0 Å². The number of benzene rings is 1. The molecular formula is C14H18O. The molecular weight excluding hydrogens is 184 g/mol. The van der Waals surface area contributed by atoms with E-state index >= 15 is 0 Å². The van der Waals surface area contributed by atoms with E-state index in [0.29, 0.717) is 5.75 Å². The van der Waals surface area contributed by atoms with E-state index in [1.165, 1.54) is 12.8 Å². The lowest BCUT2D eigenvalue weighted by atomic mass is 10.2. The molecule has 1 aromatic carbocycles. The van der Waals surface area contributed by atoms with Crippen molar-refractivity contribution in [3.05, 3.63) is 48.1 Å². The van der Waals surface area contributed by atoms with Crippen molar-refractivity contribution in [1.82, 2.24) is 0 Å². The molecule has 1 N–H and O–H groups in total. The molecule has 1 rings (SSSR count). The van der Waals surface area contributed by atoms with Gasteiger partial charge in [-0.1, -0.05) is 62.3 Å². The van der Waals surface area contributed by atoms with Gasteiger partial charge in [-0.2, -0.15) is 0 Å². The van der Waals surface area contributed by atoms with Gasteiger partial charge in [0.15, 0.2) is 0 Å². The van der Waals surface area contributed by atoms with Crippen molar-refractivity contribution < 1.29 is 5.11 Å². The number of hydrogen-bond donors (Lipinski definition) is 1. The van der Waals surface area contributed by atoms with Crippen LogP contribution in [0.5, 0.6) is 5.75 Å². The number of aromatic hydroxyl groups is 1. The van der Waals surface area contributed by atoms with Crippen molar-refractivity contribution in [1.29, 1.82) is 0 Å². The highest BCUT2D eigenvalue weighted by molar-refractivity contribution is 5.57. The molecule has 0 heterocycles. The van der Waals surface area contributed by atoms with E-state index in [9.17, 15) is 5.11 Å². The summed E-state index contributed by atoms with van der Waals surface area (Å²) < 4.78 is 0. The van der Waals surface area contributed by atoms with Crippen LogP contribution in [0.15, 0.2) is 42.5 Å². The maximum atomic E-state index is 9.48. The van der Waals surface area contributed by atoms with Gasteiger partial charge in [0, 0.05) is 5.56 Å². The number of para-hydroxylation sites is 1. The summed E-state index contributed by atoms with van der Waals surface area (Å²) in [6, 6.07) is 7.33. The van der Waals surface area contributed by atoms with E-state index in [2.05, 4.69) is 13.0 Å². The third kappa shape index (κ3) is 4.50. The maximum absolute atomic E-state index is 9.48. The molecule has 1 aromatic rings. The van der Waals surface area contributed by atoms with Crippen LogP contribution in [0, 0.1) is 0 Å². The van der Waals surface area contributed by atoms with Crippen molar-refractivity contribution in [2.45, 2.75) is 26.2 Å². The number of rotatable bonds is 5. The first-order chi connectivity index (χ1) is 7.34. The lowest BCUT2D eigenvalue weighted by molar-refractivity contribution is 0.474. The molecule has 1 heteroatoms. The van der Waals surface area contributed by atoms with Crippen LogP contribution in [0.4, 0.5) is 0 Å². The number of phenolic OH excluding ortho intramolecular Hbond substituents is 1. The minimum atomic E-state index is 0.329. The van der Waals surface area contributed by atoms with Gasteiger partial charge in [-0.3, -0.25) is 0 Å². The van der Waals surface area contributed by atoms with E-state index in [1.807, 2.05) is 36.4 Å². The SMILES string of the molecule is CCCC/C=C/C=C/c1ccccc1O. The first-order valence-electron chi connectivity index (χ1n) is 5.45. The Labute approximate surface area is 91.8 Å². The number of unbranched alkanes of at least 4 members (excludes halogenated alkanes) is 2. The number of phenols is 1. The van der Waals surface area contributed by atoms with E-state index in [-0.39, 0.29) is 0 Å². The molecule has 0 aromatic heterocycles. The lowest BCUT2D eigenvalue weighted by Gasteiger charge is -1.95. The fourth-order valence-corrected chi connectivity index (χ4v) is 1.28. The van der Waals surface area contributed by atoms with Crippen LogP contribution in [0.2, 0.25) is 0 Å². The lowest BCUT2D eigenvalue weighted by Crippen LogP contribution is -1.71. The Kier molecular flexibility index (Phi) is 5.31. The molecule has 0 atom stereocenters. The van der Waals surface area contributed by atoms with Crippen LogP contribution in [-0.2, 0) is 0 Å². The second kappa shape index (κ2) is 6.88. The number of hydrogen-bond acceptors (Lipinski definition) is 1. The Hall–Kier alpha value is -1.50. The topological polar surface area (TPSA) is 20.2 Å². The highest BCUT2D eigenvalue weighted by Crippen LogP contribution is 2.16. The predicted octanol–water partition coefficient (Wildman–Crippen LogP) is 4.15. The Morgan fingerprint density at radius 3 is 2.73 bits per heavy atom. The monoisotopic (exact) mass is 202 g/mol. The molecule has 0 saturated carbocycles. The summed E-state index contributed by atoms with van der Waals surface area (Å²) >= 11 is 0. The molecule has 0 saturated heterocycles. The zero-order valence-corrected chi connectivity index (χ0v) is 9.19. The minimum absolute atomic E-state index is 0.329. The van der Waals surface area contributed by atoms with Gasteiger partial charge in [0.25, 0.3) is 0 Å². The van der Waals surface area contributed by atoms with Crippen LogP contribution >= 0.6 is 0 Å². The molecule has 0 spiro atoms. The maximum Gasteiger partial charge on any atom is 0.122 e. The Balaban J connectivity index is 2.44. The molecule has 15 heavy (non-hydrogen) atoms. The van der Waals surface area contributed by atoms with Crippen molar-refractivity contribution in [2.75, 3.05) is 0 Å². The van der Waals surface area contributed by atoms with Crippen molar-refractivity contribution >= 4 is 6.08 Å². The summed E-state index contributed by atoms with van der Waals surface area (Å²) in [6.07, 6.45) is 11.7. The van der Waals surface area contributed by atoms with Gasteiger partial charge < -0.3 is 5.11 Å². The molecule has 0 amide bonds. The molecule has 0 fully saturated rings. The zero-order chi connectivity index (χ0) is 10.9. The zero-order valence-electron chi connectivity index (χ0n) is 9.19. The fourth-order valence-electron chi connectivity index (χ4n) is 1.28. The quantitative estimate of drug-likeness (QED) is 0.561. The average molecular weight is 202 g/mol. The molecule has 80 valence electrons. The second-order valence-corrected chi connectivity index (χ2v) is 3.49. The smallest absolute Gasteiger partial charge is 0.122 e. The first-order valence-corrected chi connectivity index (χ1v) is 5.45. The molecule has 0 unspecified atom stereocenters. The van der Waals surface area contributed by atoms with E-state index in [0.717, 1.165) is 12.0 Å². The Morgan fingerprint density at radius 1 is 1.20 bits per heavy atom. The summed E-state index contributed by atoms with van der Waals surface area (Å²) in [5.74, 6) is 0.329. The van der Waals surface area contributed by atoms with E-state index in [4.69, 9.17) is 0 Å². The molecule has 0 aliphatic rings.